The minimum absolute atomic E-state index is 0.388. The highest BCUT2D eigenvalue weighted by Gasteiger charge is 2.14. The number of hydrogen-bond donors (Lipinski definition) is 4. The predicted molar refractivity (Wildman–Crippen MR) is 119 cm³/mol. The van der Waals surface area contributed by atoms with Gasteiger partial charge in [0.15, 0.2) is 0 Å². The number of aryl methyl sites for hydroxylation is 3. The summed E-state index contributed by atoms with van der Waals surface area (Å²) in [5.41, 5.74) is 27.7. The molecule has 4 rings (SSSR count). The highest BCUT2D eigenvalue weighted by atomic mass is 16.1. The molecule has 10 heteroatoms. The summed E-state index contributed by atoms with van der Waals surface area (Å²) in [5, 5.41) is 0. The van der Waals surface area contributed by atoms with Crippen molar-refractivity contribution in [2.45, 2.75) is 32.9 Å². The number of anilines is 2. The lowest BCUT2D eigenvalue weighted by Gasteiger charge is -2.10. The van der Waals surface area contributed by atoms with Gasteiger partial charge in [-0.05, 0) is 55.7 Å². The smallest absolute Gasteiger partial charge is 0.248 e. The molecule has 160 valence electrons. The van der Waals surface area contributed by atoms with Crippen molar-refractivity contribution >= 4 is 45.8 Å². The van der Waals surface area contributed by atoms with E-state index in [0.717, 1.165) is 29.4 Å². The number of carbonyl (C=O) groups excluding carboxylic acids is 2. The Morgan fingerprint density at radius 1 is 0.839 bits per heavy atom. The normalized spacial score (nSPS) is 11.4. The number of benzene rings is 2. The van der Waals surface area contributed by atoms with Crippen molar-refractivity contribution < 1.29 is 9.59 Å². The Kier molecular flexibility index (Phi) is 4.97. The number of nitrogens with zero attached hydrogens (tertiary/aromatic N) is 4. The summed E-state index contributed by atoms with van der Waals surface area (Å²) in [5.74, 6) is -0.213. The van der Waals surface area contributed by atoms with Gasteiger partial charge in [-0.2, -0.15) is 0 Å². The molecule has 4 aromatic rings. The molecule has 2 aromatic heterocycles. The number of unbranched alkanes of at least 4 members (excludes halogenated alkanes) is 1. The van der Waals surface area contributed by atoms with Gasteiger partial charge in [0, 0.05) is 24.2 Å². The van der Waals surface area contributed by atoms with Crippen molar-refractivity contribution in [3.05, 3.63) is 47.0 Å². The third-order valence-electron chi connectivity index (χ3n) is 5.42. The van der Waals surface area contributed by atoms with Gasteiger partial charge in [-0.1, -0.05) is 0 Å². The maximum Gasteiger partial charge on any atom is 0.248 e. The van der Waals surface area contributed by atoms with E-state index in [1.54, 1.807) is 30.3 Å². The molecule has 2 amide bonds. The van der Waals surface area contributed by atoms with Gasteiger partial charge < -0.3 is 32.1 Å². The largest absolute Gasteiger partial charge is 0.369 e. The third kappa shape index (κ3) is 3.63. The minimum Gasteiger partial charge on any atom is -0.369 e. The van der Waals surface area contributed by atoms with Crippen LogP contribution >= 0.6 is 0 Å². The highest BCUT2D eigenvalue weighted by molar-refractivity contribution is 5.98. The van der Waals surface area contributed by atoms with Crippen LogP contribution in [0, 0.1) is 6.92 Å². The van der Waals surface area contributed by atoms with Gasteiger partial charge >= 0.3 is 0 Å². The number of nitrogen functional groups attached to an aromatic ring is 2. The van der Waals surface area contributed by atoms with Crippen molar-refractivity contribution in [3.63, 3.8) is 0 Å². The Morgan fingerprint density at radius 2 is 1.42 bits per heavy atom. The molecule has 31 heavy (non-hydrogen) atoms. The van der Waals surface area contributed by atoms with E-state index in [0.29, 0.717) is 47.1 Å². The van der Waals surface area contributed by atoms with Crippen molar-refractivity contribution in [3.8, 4) is 0 Å². The van der Waals surface area contributed by atoms with E-state index in [1.165, 1.54) is 0 Å². The molecule has 0 aliphatic rings. The predicted octanol–water partition coefficient (Wildman–Crippen LogP) is 1.54. The van der Waals surface area contributed by atoms with Crippen LogP contribution in [0.1, 0.15) is 39.1 Å². The van der Waals surface area contributed by atoms with E-state index >= 15 is 0 Å². The molecule has 0 aliphatic carbocycles. The number of amides is 2. The molecule has 8 N–H and O–H groups in total. The molecule has 10 nitrogen and oxygen atoms in total. The average molecular weight is 420 g/mol. The summed E-state index contributed by atoms with van der Waals surface area (Å²) >= 11 is 0. The molecule has 0 fully saturated rings. The molecule has 0 spiro atoms. The first-order valence-corrected chi connectivity index (χ1v) is 9.88. The fourth-order valence-corrected chi connectivity index (χ4v) is 3.94. The summed E-state index contributed by atoms with van der Waals surface area (Å²) in [7, 11) is 0. The average Bonchev–Trinajstić information content (AvgIpc) is 3.20. The van der Waals surface area contributed by atoms with Gasteiger partial charge in [0.05, 0.1) is 22.1 Å². The number of imidazole rings is 2. The van der Waals surface area contributed by atoms with E-state index in [-0.39, 0.29) is 0 Å². The van der Waals surface area contributed by atoms with Gasteiger partial charge in [0.2, 0.25) is 23.7 Å². The number of hydrogen-bond acceptors (Lipinski definition) is 6. The second-order valence-corrected chi connectivity index (χ2v) is 7.54. The highest BCUT2D eigenvalue weighted by Crippen LogP contribution is 2.25. The summed E-state index contributed by atoms with van der Waals surface area (Å²) in [6.07, 6.45) is 1.65. The summed E-state index contributed by atoms with van der Waals surface area (Å²) in [4.78, 5) is 31.6. The SMILES string of the molecule is Cc1cc(C(N)=O)cc2nc(N)n(CCCCn3c(N)nc4cc(C(N)=O)ccc43)c12. The second-order valence-electron chi connectivity index (χ2n) is 7.54. The Labute approximate surface area is 177 Å². The lowest BCUT2D eigenvalue weighted by Crippen LogP contribution is -2.11. The molecule has 0 bridgehead atoms. The Bertz CT molecular complexity index is 1330. The molecule has 0 radical (unpaired) electrons. The lowest BCUT2D eigenvalue weighted by atomic mass is 10.1. The molecule has 2 heterocycles. The van der Waals surface area contributed by atoms with E-state index in [2.05, 4.69) is 9.97 Å². The fourth-order valence-electron chi connectivity index (χ4n) is 3.94. The van der Waals surface area contributed by atoms with Crippen LogP contribution in [0.25, 0.3) is 22.1 Å². The molecule has 0 unspecified atom stereocenters. The molecular formula is C21H24N8O2. The molecule has 0 atom stereocenters. The van der Waals surface area contributed by atoms with Gasteiger partial charge in [0.1, 0.15) is 0 Å². The molecule has 0 saturated carbocycles. The molecule has 0 aliphatic heterocycles. The van der Waals surface area contributed by atoms with Crippen LogP contribution in [-0.2, 0) is 13.1 Å². The zero-order chi connectivity index (χ0) is 22.3. The van der Waals surface area contributed by atoms with E-state index in [4.69, 9.17) is 22.9 Å². The maximum atomic E-state index is 11.5. The van der Waals surface area contributed by atoms with Gasteiger partial charge in [-0.15, -0.1) is 0 Å². The van der Waals surface area contributed by atoms with Crippen LogP contribution in [0.3, 0.4) is 0 Å². The fraction of sp³-hybridized carbons (Fsp3) is 0.238. The van der Waals surface area contributed by atoms with Crippen LogP contribution in [0.4, 0.5) is 11.9 Å². The quantitative estimate of drug-likeness (QED) is 0.330. The number of primary amides is 2. The first kappa shape index (κ1) is 20.2. The van der Waals surface area contributed by atoms with Crippen molar-refractivity contribution in [1.29, 1.82) is 0 Å². The van der Waals surface area contributed by atoms with E-state index in [9.17, 15) is 9.59 Å². The zero-order valence-corrected chi connectivity index (χ0v) is 17.1. The van der Waals surface area contributed by atoms with Crippen molar-refractivity contribution in [1.82, 2.24) is 19.1 Å². The number of rotatable bonds is 7. The standard InChI is InChI=1S/C21H24N8O2/c1-11-8-13(19(23)31)10-15-17(11)29(21(25)27-15)7-3-2-6-28-16-5-4-12(18(22)30)9-14(16)26-20(28)24/h4-5,8-10H,2-3,6-7H2,1H3,(H2,22,30)(H2,23,31)(H2,24,26)(H2,25,27). The summed E-state index contributed by atoms with van der Waals surface area (Å²) in [6, 6.07) is 8.53. The van der Waals surface area contributed by atoms with Crippen molar-refractivity contribution in [2.75, 3.05) is 11.5 Å². The Hall–Kier alpha value is -4.08. The van der Waals surface area contributed by atoms with Gasteiger partial charge in [-0.25, -0.2) is 9.97 Å². The van der Waals surface area contributed by atoms with Crippen molar-refractivity contribution in [2.24, 2.45) is 11.5 Å². The number of aromatic nitrogens is 4. The van der Waals surface area contributed by atoms with Crippen LogP contribution in [0.15, 0.2) is 30.3 Å². The number of carbonyl (C=O) groups is 2. The van der Waals surface area contributed by atoms with Crippen LogP contribution < -0.4 is 22.9 Å². The second kappa shape index (κ2) is 7.63. The maximum absolute atomic E-state index is 11.5. The first-order valence-electron chi connectivity index (χ1n) is 9.88. The van der Waals surface area contributed by atoms with E-state index in [1.807, 2.05) is 16.1 Å². The first-order chi connectivity index (χ1) is 14.8. The monoisotopic (exact) mass is 420 g/mol. The minimum atomic E-state index is -0.501. The molecule has 2 aromatic carbocycles. The van der Waals surface area contributed by atoms with Crippen LogP contribution in [0.2, 0.25) is 0 Å². The molecule has 0 saturated heterocycles. The van der Waals surface area contributed by atoms with Crippen LogP contribution in [0.5, 0.6) is 0 Å². The van der Waals surface area contributed by atoms with Gasteiger partial charge in [0.25, 0.3) is 0 Å². The lowest BCUT2D eigenvalue weighted by molar-refractivity contribution is 0.0992. The number of fused-ring (bicyclic) bond motifs is 2. The van der Waals surface area contributed by atoms with E-state index < -0.39 is 11.8 Å². The topological polar surface area (TPSA) is 174 Å². The Morgan fingerprint density at radius 3 is 2.10 bits per heavy atom. The van der Waals surface area contributed by atoms with Crippen LogP contribution in [-0.4, -0.2) is 30.9 Å². The Balaban J connectivity index is 1.50. The zero-order valence-electron chi connectivity index (χ0n) is 17.1. The summed E-state index contributed by atoms with van der Waals surface area (Å²) in [6.45, 7) is 3.23. The van der Waals surface area contributed by atoms with Gasteiger partial charge in [-0.3, -0.25) is 9.59 Å². The third-order valence-corrected chi connectivity index (χ3v) is 5.42. The molecular weight excluding hydrogens is 396 g/mol. The number of nitrogens with two attached hydrogens (primary N) is 4. The summed E-state index contributed by atoms with van der Waals surface area (Å²) < 4.78 is 3.86.